The molecular formula is C35H46N6O10. The Hall–Kier alpha value is -4.24. The fourth-order valence-corrected chi connectivity index (χ4v) is 6.40. The molecule has 2 fully saturated rings. The van der Waals surface area contributed by atoms with Gasteiger partial charge in [0, 0.05) is 29.6 Å². The molecule has 276 valence electrons. The number of rotatable bonds is 17. The first-order chi connectivity index (χ1) is 24.6. The van der Waals surface area contributed by atoms with E-state index in [1.165, 1.54) is 14.0 Å². The second-order valence-corrected chi connectivity index (χ2v) is 12.5. The van der Waals surface area contributed by atoms with Crippen LogP contribution < -0.4 is 0 Å². The lowest BCUT2D eigenvalue weighted by Crippen LogP contribution is -2.69. The van der Waals surface area contributed by atoms with E-state index in [2.05, 4.69) is 20.1 Å². The number of nitrogens with zero attached hydrogens (tertiary/aromatic N) is 6. The average molecular weight is 711 g/mol. The second kappa shape index (κ2) is 19.4. The molecule has 2 aliphatic rings. The number of benzene rings is 2. The van der Waals surface area contributed by atoms with Gasteiger partial charge in [0.15, 0.2) is 12.4 Å². The van der Waals surface area contributed by atoms with E-state index >= 15 is 0 Å². The number of ether oxygens (including phenoxy) is 7. The number of methoxy groups -OCH3 is 1. The highest BCUT2D eigenvalue weighted by Gasteiger charge is 2.59. The standard InChI is InChI=1S/C35H46N6O10/c1-22-28(38-40-36)31(46-20-25-14-8-5-9-15-25)30(44)34(48-22)51-35(19-13-7-12-18-27(43)45-4)33(49-24(3)42)32(29(39-41-37)23(2)50-35)47-21-26-16-10-6-11-17-26/h5-6,8-11,14-17,22-23,28-34,44H,7,12-13,18-21H2,1-4H3/t22-,23-,28-,29-,30+,31+,32+,33+,34-,35-/m1/s1. The van der Waals surface area contributed by atoms with E-state index in [-0.39, 0.29) is 32.0 Å². The topological polar surface area (TPSA) is 216 Å². The minimum absolute atomic E-state index is 0.0749. The number of hydrogen-bond acceptors (Lipinski definition) is 12. The molecular weight excluding hydrogens is 664 g/mol. The molecule has 0 spiro atoms. The van der Waals surface area contributed by atoms with Gasteiger partial charge in [-0.1, -0.05) is 77.3 Å². The molecule has 2 aromatic rings. The first-order valence-electron chi connectivity index (χ1n) is 16.9. The summed E-state index contributed by atoms with van der Waals surface area (Å²) in [6.45, 7) is 4.74. The average Bonchev–Trinajstić information content (AvgIpc) is 3.12. The van der Waals surface area contributed by atoms with E-state index in [0.29, 0.717) is 19.3 Å². The summed E-state index contributed by atoms with van der Waals surface area (Å²) in [5.41, 5.74) is 20.5. The van der Waals surface area contributed by atoms with Crippen molar-refractivity contribution in [3.8, 4) is 0 Å². The summed E-state index contributed by atoms with van der Waals surface area (Å²) in [5.74, 6) is -2.85. The Balaban J connectivity index is 1.72. The van der Waals surface area contributed by atoms with Crippen LogP contribution >= 0.6 is 0 Å². The van der Waals surface area contributed by atoms with E-state index in [4.69, 9.17) is 33.2 Å². The fourth-order valence-electron chi connectivity index (χ4n) is 6.40. The molecule has 2 saturated heterocycles. The smallest absolute Gasteiger partial charge is 0.305 e. The molecule has 0 aliphatic carbocycles. The number of aliphatic hydroxyl groups is 1. The van der Waals surface area contributed by atoms with Gasteiger partial charge in [-0.2, -0.15) is 0 Å². The summed E-state index contributed by atoms with van der Waals surface area (Å²) in [5, 5.41) is 19.6. The summed E-state index contributed by atoms with van der Waals surface area (Å²) in [6.07, 6.45) is -6.30. The highest BCUT2D eigenvalue weighted by molar-refractivity contribution is 5.69. The Kier molecular flexibility index (Phi) is 15.0. The molecule has 0 bridgehead atoms. The summed E-state index contributed by atoms with van der Waals surface area (Å²) in [4.78, 5) is 30.5. The highest BCUT2D eigenvalue weighted by Crippen LogP contribution is 2.43. The number of carbonyl (C=O) groups is 2. The van der Waals surface area contributed by atoms with Crippen molar-refractivity contribution >= 4 is 11.9 Å². The lowest BCUT2D eigenvalue weighted by Gasteiger charge is -2.53. The molecule has 0 saturated carbocycles. The van der Waals surface area contributed by atoms with E-state index < -0.39 is 66.8 Å². The Morgan fingerprint density at radius 2 is 1.43 bits per heavy atom. The van der Waals surface area contributed by atoms with Crippen LogP contribution in [0.2, 0.25) is 0 Å². The highest BCUT2D eigenvalue weighted by atomic mass is 16.8. The molecule has 0 amide bonds. The van der Waals surface area contributed by atoms with Crippen LogP contribution in [-0.4, -0.2) is 84.9 Å². The Labute approximate surface area is 296 Å². The van der Waals surface area contributed by atoms with Crippen LogP contribution in [0.25, 0.3) is 20.9 Å². The fraction of sp³-hybridized carbons (Fsp3) is 0.600. The van der Waals surface area contributed by atoms with Crippen molar-refractivity contribution < 1.29 is 47.9 Å². The van der Waals surface area contributed by atoms with Crippen molar-refractivity contribution in [1.82, 2.24) is 0 Å². The number of esters is 2. The van der Waals surface area contributed by atoms with Gasteiger partial charge in [0.2, 0.25) is 5.79 Å². The number of unbranched alkanes of at least 4 members (excludes halogenated alkanes) is 2. The maximum Gasteiger partial charge on any atom is 0.305 e. The van der Waals surface area contributed by atoms with Crippen molar-refractivity contribution in [3.63, 3.8) is 0 Å². The predicted octanol–water partition coefficient (Wildman–Crippen LogP) is 5.81. The van der Waals surface area contributed by atoms with E-state index in [1.807, 2.05) is 60.7 Å². The summed E-state index contributed by atoms with van der Waals surface area (Å²) in [6, 6.07) is 16.7. The van der Waals surface area contributed by atoms with Crippen LogP contribution in [-0.2, 0) is 56.0 Å². The van der Waals surface area contributed by atoms with Gasteiger partial charge in [0.1, 0.15) is 12.2 Å². The molecule has 2 aliphatic heterocycles. The molecule has 1 N–H and O–H groups in total. The molecule has 16 nitrogen and oxygen atoms in total. The normalized spacial score (nSPS) is 30.3. The largest absolute Gasteiger partial charge is 0.469 e. The first-order valence-corrected chi connectivity index (χ1v) is 16.9. The van der Waals surface area contributed by atoms with Crippen LogP contribution in [0.5, 0.6) is 0 Å². The third-order valence-electron chi connectivity index (χ3n) is 8.90. The Bertz CT molecular complexity index is 1510. The van der Waals surface area contributed by atoms with Crippen molar-refractivity contribution in [2.45, 2.75) is 127 Å². The van der Waals surface area contributed by atoms with E-state index in [0.717, 1.165) is 11.1 Å². The number of carbonyl (C=O) groups excluding carboxylic acids is 2. The van der Waals surface area contributed by atoms with Gasteiger partial charge in [0.05, 0.1) is 50.7 Å². The first kappa shape index (κ1) is 39.5. The van der Waals surface area contributed by atoms with Gasteiger partial charge in [-0.15, -0.1) is 0 Å². The van der Waals surface area contributed by atoms with Gasteiger partial charge in [-0.05, 0) is 48.9 Å². The third kappa shape index (κ3) is 10.6. The van der Waals surface area contributed by atoms with Crippen LogP contribution in [0, 0.1) is 0 Å². The van der Waals surface area contributed by atoms with E-state index in [9.17, 15) is 25.8 Å². The van der Waals surface area contributed by atoms with Crippen LogP contribution in [0.15, 0.2) is 70.9 Å². The summed E-state index contributed by atoms with van der Waals surface area (Å²) < 4.78 is 42.6. The molecule has 2 aromatic carbocycles. The maximum atomic E-state index is 12.8. The quantitative estimate of drug-likeness (QED) is 0.0683. The zero-order valence-corrected chi connectivity index (χ0v) is 29.2. The molecule has 0 radical (unpaired) electrons. The number of azide groups is 2. The minimum Gasteiger partial charge on any atom is -0.469 e. The second-order valence-electron chi connectivity index (χ2n) is 12.5. The van der Waals surface area contributed by atoms with Gasteiger partial charge in [0.25, 0.3) is 0 Å². The molecule has 10 atom stereocenters. The molecule has 4 rings (SSSR count). The van der Waals surface area contributed by atoms with E-state index in [1.54, 1.807) is 13.8 Å². The molecule has 16 heteroatoms. The van der Waals surface area contributed by atoms with Crippen molar-refractivity contribution in [3.05, 3.63) is 92.7 Å². The monoisotopic (exact) mass is 710 g/mol. The van der Waals surface area contributed by atoms with Crippen LogP contribution in [0.3, 0.4) is 0 Å². The molecule has 2 heterocycles. The van der Waals surface area contributed by atoms with Crippen LogP contribution in [0.4, 0.5) is 0 Å². The minimum atomic E-state index is -1.82. The molecule has 0 unspecified atom stereocenters. The van der Waals surface area contributed by atoms with Gasteiger partial charge in [-0.25, -0.2) is 0 Å². The summed E-state index contributed by atoms with van der Waals surface area (Å²) in [7, 11) is 1.32. The van der Waals surface area contributed by atoms with Crippen molar-refractivity contribution in [2.75, 3.05) is 7.11 Å². The molecule has 51 heavy (non-hydrogen) atoms. The molecule has 0 aromatic heterocycles. The number of hydrogen-bond donors (Lipinski definition) is 1. The third-order valence-corrected chi connectivity index (χ3v) is 8.90. The predicted molar refractivity (Wildman–Crippen MR) is 181 cm³/mol. The Morgan fingerprint density at radius 3 is 1.98 bits per heavy atom. The lowest BCUT2D eigenvalue weighted by atomic mass is 9.87. The lowest BCUT2D eigenvalue weighted by molar-refractivity contribution is -0.410. The number of aliphatic hydroxyl groups excluding tert-OH is 1. The van der Waals surface area contributed by atoms with Crippen LogP contribution in [0.1, 0.15) is 64.0 Å². The zero-order chi connectivity index (χ0) is 36.8. The zero-order valence-electron chi connectivity index (χ0n) is 29.2. The van der Waals surface area contributed by atoms with Gasteiger partial charge >= 0.3 is 11.9 Å². The van der Waals surface area contributed by atoms with Gasteiger partial charge < -0.3 is 38.3 Å². The SMILES string of the molecule is COC(=O)CCCCC[C@]1(O[C@H]2O[C@H](C)[C@@H](N=[N+]=[N-])[C@H](OCc3ccccc3)[C@@H]2O)O[C@H](C)[C@@H](N=[N+]=[N-])[C@H](OCc2ccccc2)[C@@H]1OC(C)=O. The van der Waals surface area contributed by atoms with Crippen molar-refractivity contribution in [1.29, 1.82) is 0 Å². The Morgan fingerprint density at radius 1 is 0.863 bits per heavy atom. The maximum absolute atomic E-state index is 12.8. The van der Waals surface area contributed by atoms with Gasteiger partial charge in [-0.3, -0.25) is 9.59 Å². The summed E-state index contributed by atoms with van der Waals surface area (Å²) >= 11 is 0. The van der Waals surface area contributed by atoms with Crippen molar-refractivity contribution in [2.24, 2.45) is 10.2 Å².